The highest BCUT2D eigenvalue weighted by atomic mass is 16.6. The standard InChI is InChI=1S/C18H26N4O2/c1-5-13-12-21(9-10-22(13)17(23)24-18(2,3)4)15-11-20-14-7-6-8-19-16(14)15/h6-8,11,13,20H,5,9-10,12H2,1-4H3/t13-/m1/s1. The van der Waals surface area contributed by atoms with Crippen LogP contribution in [0, 0.1) is 0 Å². The molecule has 1 atom stereocenters. The lowest BCUT2D eigenvalue weighted by Crippen LogP contribution is -2.56. The number of ether oxygens (including phenoxy) is 1. The van der Waals surface area contributed by atoms with Gasteiger partial charge in [0, 0.05) is 32.0 Å². The van der Waals surface area contributed by atoms with Gasteiger partial charge in [0.1, 0.15) is 11.1 Å². The van der Waals surface area contributed by atoms with Crippen LogP contribution in [0.25, 0.3) is 11.0 Å². The molecule has 0 saturated carbocycles. The van der Waals surface area contributed by atoms with Crippen LogP contribution < -0.4 is 4.90 Å². The summed E-state index contributed by atoms with van der Waals surface area (Å²) in [6, 6.07) is 4.10. The van der Waals surface area contributed by atoms with Crippen LogP contribution in [0.15, 0.2) is 24.5 Å². The molecule has 2 aromatic rings. The van der Waals surface area contributed by atoms with Gasteiger partial charge in [0.25, 0.3) is 0 Å². The van der Waals surface area contributed by atoms with Gasteiger partial charge in [0.2, 0.25) is 0 Å². The lowest BCUT2D eigenvalue weighted by molar-refractivity contribution is 0.0137. The minimum atomic E-state index is -0.465. The minimum absolute atomic E-state index is 0.141. The van der Waals surface area contributed by atoms with Crippen LogP contribution in [-0.2, 0) is 4.74 Å². The number of fused-ring (bicyclic) bond motifs is 1. The maximum absolute atomic E-state index is 12.5. The summed E-state index contributed by atoms with van der Waals surface area (Å²) < 4.78 is 5.56. The molecular weight excluding hydrogens is 304 g/mol. The first-order chi connectivity index (χ1) is 11.4. The maximum atomic E-state index is 12.5. The fourth-order valence-corrected chi connectivity index (χ4v) is 3.17. The quantitative estimate of drug-likeness (QED) is 0.917. The summed E-state index contributed by atoms with van der Waals surface area (Å²) in [7, 11) is 0. The number of amides is 1. The van der Waals surface area contributed by atoms with Gasteiger partial charge in [-0.25, -0.2) is 4.79 Å². The predicted octanol–water partition coefficient (Wildman–Crippen LogP) is 3.40. The van der Waals surface area contributed by atoms with Crippen molar-refractivity contribution in [1.29, 1.82) is 0 Å². The molecule has 6 heteroatoms. The molecule has 24 heavy (non-hydrogen) atoms. The molecule has 1 N–H and O–H groups in total. The van der Waals surface area contributed by atoms with Gasteiger partial charge in [-0.3, -0.25) is 4.98 Å². The number of carbonyl (C=O) groups is 1. The molecule has 3 rings (SSSR count). The molecule has 2 aromatic heterocycles. The highest BCUT2D eigenvalue weighted by Gasteiger charge is 2.33. The van der Waals surface area contributed by atoms with E-state index < -0.39 is 5.60 Å². The number of aromatic nitrogens is 2. The van der Waals surface area contributed by atoms with Crippen LogP contribution in [0.5, 0.6) is 0 Å². The van der Waals surface area contributed by atoms with E-state index >= 15 is 0 Å². The van der Waals surface area contributed by atoms with Gasteiger partial charge in [-0.15, -0.1) is 0 Å². The summed E-state index contributed by atoms with van der Waals surface area (Å²) in [6.07, 6.45) is 4.50. The SMILES string of the molecule is CC[C@@H]1CN(c2c[nH]c3cccnc23)CCN1C(=O)OC(C)(C)C. The number of nitrogens with one attached hydrogen (secondary N) is 1. The van der Waals surface area contributed by atoms with Crippen molar-refractivity contribution in [2.75, 3.05) is 24.5 Å². The lowest BCUT2D eigenvalue weighted by Gasteiger charge is -2.42. The molecule has 1 amide bonds. The Morgan fingerprint density at radius 3 is 2.92 bits per heavy atom. The Morgan fingerprint density at radius 2 is 2.21 bits per heavy atom. The number of H-pyrrole nitrogens is 1. The first-order valence-corrected chi connectivity index (χ1v) is 8.55. The second-order valence-electron chi connectivity index (χ2n) is 7.26. The fraction of sp³-hybridized carbons (Fsp3) is 0.556. The van der Waals surface area contributed by atoms with E-state index in [0.29, 0.717) is 6.54 Å². The molecule has 1 saturated heterocycles. The van der Waals surface area contributed by atoms with E-state index in [2.05, 4.69) is 21.8 Å². The van der Waals surface area contributed by atoms with Crippen molar-refractivity contribution >= 4 is 22.8 Å². The molecule has 0 radical (unpaired) electrons. The van der Waals surface area contributed by atoms with Crippen molar-refractivity contribution in [3.63, 3.8) is 0 Å². The maximum Gasteiger partial charge on any atom is 0.410 e. The number of anilines is 1. The van der Waals surface area contributed by atoms with Crippen LogP contribution in [0.1, 0.15) is 34.1 Å². The van der Waals surface area contributed by atoms with Gasteiger partial charge in [-0.2, -0.15) is 0 Å². The van der Waals surface area contributed by atoms with E-state index in [9.17, 15) is 4.79 Å². The number of piperazine rings is 1. The average Bonchev–Trinajstić information content (AvgIpc) is 2.96. The zero-order valence-electron chi connectivity index (χ0n) is 14.9. The molecule has 130 valence electrons. The highest BCUT2D eigenvalue weighted by molar-refractivity contribution is 5.89. The number of hydrogen-bond acceptors (Lipinski definition) is 4. The Hall–Kier alpha value is -2.24. The third-order valence-electron chi connectivity index (χ3n) is 4.34. The molecular formula is C18H26N4O2. The summed E-state index contributed by atoms with van der Waals surface area (Å²) in [6.45, 7) is 10.0. The molecule has 0 aromatic carbocycles. The number of rotatable bonds is 2. The highest BCUT2D eigenvalue weighted by Crippen LogP contribution is 2.28. The number of aromatic amines is 1. The van der Waals surface area contributed by atoms with Gasteiger partial charge < -0.3 is 19.5 Å². The van der Waals surface area contributed by atoms with Crippen LogP contribution >= 0.6 is 0 Å². The third-order valence-corrected chi connectivity index (χ3v) is 4.34. The van der Waals surface area contributed by atoms with Crippen LogP contribution in [0.2, 0.25) is 0 Å². The number of pyridine rings is 1. The lowest BCUT2D eigenvalue weighted by atomic mass is 10.1. The normalized spacial score (nSPS) is 18.9. The van der Waals surface area contributed by atoms with Gasteiger partial charge in [0.05, 0.1) is 17.2 Å². The van der Waals surface area contributed by atoms with Gasteiger partial charge in [0.15, 0.2) is 0 Å². The predicted molar refractivity (Wildman–Crippen MR) is 95.3 cm³/mol. The van der Waals surface area contributed by atoms with E-state index in [1.165, 1.54) is 0 Å². The second kappa shape index (κ2) is 6.34. The van der Waals surface area contributed by atoms with Crippen LogP contribution in [-0.4, -0.2) is 52.2 Å². The second-order valence-corrected chi connectivity index (χ2v) is 7.26. The third kappa shape index (κ3) is 3.32. The minimum Gasteiger partial charge on any atom is -0.444 e. The van der Waals surface area contributed by atoms with Gasteiger partial charge in [-0.1, -0.05) is 6.92 Å². The summed E-state index contributed by atoms with van der Waals surface area (Å²) >= 11 is 0. The summed E-state index contributed by atoms with van der Waals surface area (Å²) in [5, 5.41) is 0. The zero-order chi connectivity index (χ0) is 17.3. The van der Waals surface area contributed by atoms with E-state index in [0.717, 1.165) is 36.2 Å². The van der Waals surface area contributed by atoms with Crippen molar-refractivity contribution in [1.82, 2.24) is 14.9 Å². The van der Waals surface area contributed by atoms with E-state index in [1.807, 2.05) is 50.2 Å². The van der Waals surface area contributed by atoms with E-state index in [1.54, 1.807) is 0 Å². The van der Waals surface area contributed by atoms with Gasteiger partial charge in [-0.05, 0) is 39.3 Å². The first-order valence-electron chi connectivity index (χ1n) is 8.55. The molecule has 0 spiro atoms. The van der Waals surface area contributed by atoms with Crippen molar-refractivity contribution in [3.8, 4) is 0 Å². The van der Waals surface area contributed by atoms with E-state index in [-0.39, 0.29) is 12.1 Å². The Morgan fingerprint density at radius 1 is 1.42 bits per heavy atom. The molecule has 3 heterocycles. The van der Waals surface area contributed by atoms with Crippen LogP contribution in [0.3, 0.4) is 0 Å². The first kappa shape index (κ1) is 16.6. The van der Waals surface area contributed by atoms with E-state index in [4.69, 9.17) is 4.74 Å². The van der Waals surface area contributed by atoms with Crippen LogP contribution in [0.4, 0.5) is 10.5 Å². The van der Waals surface area contributed by atoms with Crippen molar-refractivity contribution < 1.29 is 9.53 Å². The summed E-state index contributed by atoms with van der Waals surface area (Å²) in [4.78, 5) is 24.4. The van der Waals surface area contributed by atoms with Crippen molar-refractivity contribution in [3.05, 3.63) is 24.5 Å². The number of nitrogens with zero attached hydrogens (tertiary/aromatic N) is 3. The van der Waals surface area contributed by atoms with Gasteiger partial charge >= 0.3 is 6.09 Å². The summed E-state index contributed by atoms with van der Waals surface area (Å²) in [5.41, 5.74) is 2.66. The number of carbonyl (C=O) groups excluding carboxylic acids is 1. The molecule has 1 fully saturated rings. The molecule has 0 aliphatic carbocycles. The smallest absolute Gasteiger partial charge is 0.410 e. The Bertz CT molecular complexity index is 719. The Balaban J connectivity index is 1.76. The zero-order valence-corrected chi connectivity index (χ0v) is 14.9. The number of hydrogen-bond donors (Lipinski definition) is 1. The summed E-state index contributed by atoms with van der Waals surface area (Å²) in [5.74, 6) is 0. The molecule has 6 nitrogen and oxygen atoms in total. The fourth-order valence-electron chi connectivity index (χ4n) is 3.17. The molecule has 1 aliphatic rings. The van der Waals surface area contributed by atoms with Crippen molar-refractivity contribution in [2.45, 2.75) is 45.8 Å². The largest absolute Gasteiger partial charge is 0.444 e. The topological polar surface area (TPSA) is 61.5 Å². The average molecular weight is 330 g/mol. The monoisotopic (exact) mass is 330 g/mol. The molecule has 1 aliphatic heterocycles. The molecule has 0 unspecified atom stereocenters. The molecule has 0 bridgehead atoms. The Labute approximate surface area is 142 Å². The van der Waals surface area contributed by atoms with Crippen molar-refractivity contribution in [2.24, 2.45) is 0 Å². The Kier molecular flexibility index (Phi) is 4.39.